The van der Waals surface area contributed by atoms with Crippen LogP contribution in [0.4, 0.5) is 5.69 Å². The Labute approximate surface area is 165 Å². The number of anilines is 1. The highest BCUT2D eigenvalue weighted by Crippen LogP contribution is 2.19. The molecule has 0 aliphatic carbocycles. The van der Waals surface area contributed by atoms with Crippen molar-refractivity contribution >= 4 is 29.6 Å². The van der Waals surface area contributed by atoms with Crippen LogP contribution in [-0.4, -0.2) is 55.0 Å². The smallest absolute Gasteiger partial charge is 0.328 e. The molecule has 0 aromatic heterocycles. The molecule has 1 aliphatic rings. The summed E-state index contributed by atoms with van der Waals surface area (Å²) < 4.78 is 0. The molecule has 0 radical (unpaired) electrons. The van der Waals surface area contributed by atoms with E-state index in [1.54, 1.807) is 12.2 Å². The lowest BCUT2D eigenvalue weighted by atomic mass is 10.1. The van der Waals surface area contributed by atoms with E-state index >= 15 is 0 Å². The number of carboxylic acid groups (broad SMARTS) is 1. The van der Waals surface area contributed by atoms with Crippen molar-refractivity contribution < 1.29 is 14.7 Å². The highest BCUT2D eigenvalue weighted by atomic mass is 16.4. The number of likely N-dealkylation sites (N-methyl/N-ethyl adjacent to an activating group) is 1. The summed E-state index contributed by atoms with van der Waals surface area (Å²) in [5.41, 5.74) is 3.35. The van der Waals surface area contributed by atoms with Gasteiger partial charge in [-0.05, 0) is 48.5 Å². The third kappa shape index (κ3) is 5.41. The maximum atomic E-state index is 12.6. The molecule has 0 amide bonds. The number of rotatable bonds is 6. The van der Waals surface area contributed by atoms with E-state index in [0.29, 0.717) is 5.56 Å². The zero-order chi connectivity index (χ0) is 19.9. The fourth-order valence-corrected chi connectivity index (χ4v) is 3.12. The molecule has 0 bridgehead atoms. The van der Waals surface area contributed by atoms with Crippen molar-refractivity contribution in [3.63, 3.8) is 0 Å². The third-order valence-corrected chi connectivity index (χ3v) is 4.76. The van der Waals surface area contributed by atoms with Gasteiger partial charge in [-0.1, -0.05) is 36.4 Å². The minimum absolute atomic E-state index is 0.0533. The zero-order valence-corrected chi connectivity index (χ0v) is 15.9. The van der Waals surface area contributed by atoms with Crippen LogP contribution in [-0.2, 0) is 4.79 Å². The van der Waals surface area contributed by atoms with Crippen LogP contribution in [0.5, 0.6) is 0 Å². The molecule has 0 unspecified atom stereocenters. The number of benzene rings is 2. The van der Waals surface area contributed by atoms with E-state index in [1.807, 2.05) is 48.5 Å². The fraction of sp³-hybridized carbons (Fsp3) is 0.217. The minimum Gasteiger partial charge on any atom is -0.478 e. The van der Waals surface area contributed by atoms with Crippen LogP contribution < -0.4 is 4.90 Å². The Bertz CT molecular complexity index is 910. The lowest BCUT2D eigenvalue weighted by Crippen LogP contribution is -2.44. The molecule has 1 N–H and O–H groups in total. The van der Waals surface area contributed by atoms with E-state index in [0.717, 1.165) is 49.1 Å². The third-order valence-electron chi connectivity index (χ3n) is 4.76. The van der Waals surface area contributed by atoms with Gasteiger partial charge in [0.25, 0.3) is 0 Å². The first-order valence-electron chi connectivity index (χ1n) is 9.28. The molecule has 3 rings (SSSR count). The second kappa shape index (κ2) is 9.15. The molecule has 0 saturated carbocycles. The first kappa shape index (κ1) is 19.6. The predicted molar refractivity (Wildman–Crippen MR) is 113 cm³/mol. The quantitative estimate of drug-likeness (QED) is 0.618. The second-order valence-electron chi connectivity index (χ2n) is 6.88. The number of carbonyl (C=O) groups is 2. The monoisotopic (exact) mass is 376 g/mol. The summed E-state index contributed by atoms with van der Waals surface area (Å²) in [4.78, 5) is 27.8. The standard InChI is InChI=1S/C23H24N2O3/c1-24-12-14-25(15-13-24)21-7-3-6-20(17-21)22(26)10-8-18-4-2-5-19(16-18)9-11-23(27)28/h2-11,16-17H,12-15H2,1H3,(H,27,28)/b10-8+,11-9+. The van der Waals surface area contributed by atoms with Gasteiger partial charge in [0.05, 0.1) is 0 Å². The van der Waals surface area contributed by atoms with E-state index in [2.05, 4.69) is 16.8 Å². The van der Waals surface area contributed by atoms with Crippen molar-refractivity contribution in [2.75, 3.05) is 38.1 Å². The van der Waals surface area contributed by atoms with Gasteiger partial charge < -0.3 is 14.9 Å². The van der Waals surface area contributed by atoms with Gasteiger partial charge in [0.1, 0.15) is 0 Å². The van der Waals surface area contributed by atoms with Crippen LogP contribution >= 0.6 is 0 Å². The highest BCUT2D eigenvalue weighted by molar-refractivity contribution is 6.07. The van der Waals surface area contributed by atoms with Crippen molar-refractivity contribution in [3.8, 4) is 0 Å². The molecule has 0 spiro atoms. The molecule has 1 saturated heterocycles. The average molecular weight is 376 g/mol. The number of piperazine rings is 1. The first-order valence-corrected chi connectivity index (χ1v) is 9.28. The van der Waals surface area contributed by atoms with Crippen LogP contribution in [0.15, 0.2) is 60.7 Å². The van der Waals surface area contributed by atoms with Crippen LogP contribution in [0.3, 0.4) is 0 Å². The summed E-state index contributed by atoms with van der Waals surface area (Å²) in [7, 11) is 2.12. The lowest BCUT2D eigenvalue weighted by Gasteiger charge is -2.34. The Hall–Kier alpha value is -3.18. The van der Waals surface area contributed by atoms with Gasteiger partial charge in [0.15, 0.2) is 5.78 Å². The molecule has 5 heteroatoms. The Balaban J connectivity index is 1.70. The Kier molecular flexibility index (Phi) is 6.40. The first-order chi connectivity index (χ1) is 13.5. The molecule has 1 fully saturated rings. The maximum Gasteiger partial charge on any atom is 0.328 e. The topological polar surface area (TPSA) is 60.9 Å². The molecule has 0 atom stereocenters. The number of ketones is 1. The minimum atomic E-state index is -0.989. The Morgan fingerprint density at radius 2 is 1.54 bits per heavy atom. The summed E-state index contributed by atoms with van der Waals surface area (Å²) in [6.45, 7) is 3.96. The van der Waals surface area contributed by atoms with E-state index in [-0.39, 0.29) is 5.78 Å². The van der Waals surface area contributed by atoms with Gasteiger partial charge in [0, 0.05) is 43.5 Å². The lowest BCUT2D eigenvalue weighted by molar-refractivity contribution is -0.131. The molecule has 2 aromatic carbocycles. The van der Waals surface area contributed by atoms with E-state index in [1.165, 1.54) is 6.08 Å². The van der Waals surface area contributed by atoms with Gasteiger partial charge in [0.2, 0.25) is 0 Å². The number of allylic oxidation sites excluding steroid dienone is 1. The number of aliphatic carboxylic acids is 1. The number of nitrogens with zero attached hydrogens (tertiary/aromatic N) is 2. The summed E-state index contributed by atoms with van der Waals surface area (Å²) in [5.74, 6) is -1.04. The van der Waals surface area contributed by atoms with E-state index in [9.17, 15) is 9.59 Å². The molecule has 1 aliphatic heterocycles. The fourth-order valence-electron chi connectivity index (χ4n) is 3.12. The molecule has 1 heterocycles. The summed E-state index contributed by atoms with van der Waals surface area (Å²) >= 11 is 0. The molecule has 2 aromatic rings. The number of carboxylic acids is 1. The highest BCUT2D eigenvalue weighted by Gasteiger charge is 2.15. The van der Waals surface area contributed by atoms with Crippen molar-refractivity contribution in [2.45, 2.75) is 0 Å². The van der Waals surface area contributed by atoms with Crippen molar-refractivity contribution in [1.82, 2.24) is 4.90 Å². The maximum absolute atomic E-state index is 12.6. The predicted octanol–water partition coefficient (Wildman–Crippen LogP) is 3.43. The van der Waals surface area contributed by atoms with Crippen molar-refractivity contribution in [1.29, 1.82) is 0 Å². The largest absolute Gasteiger partial charge is 0.478 e. The van der Waals surface area contributed by atoms with E-state index < -0.39 is 5.97 Å². The van der Waals surface area contributed by atoms with Crippen LogP contribution in [0.2, 0.25) is 0 Å². The molecular weight excluding hydrogens is 352 g/mol. The number of carbonyl (C=O) groups excluding carboxylic acids is 1. The van der Waals surface area contributed by atoms with Gasteiger partial charge in [-0.2, -0.15) is 0 Å². The van der Waals surface area contributed by atoms with Crippen LogP contribution in [0.25, 0.3) is 12.2 Å². The Morgan fingerprint density at radius 1 is 0.893 bits per heavy atom. The second-order valence-corrected chi connectivity index (χ2v) is 6.88. The van der Waals surface area contributed by atoms with Gasteiger partial charge >= 0.3 is 5.97 Å². The molecule has 5 nitrogen and oxygen atoms in total. The van der Waals surface area contributed by atoms with Crippen molar-refractivity contribution in [3.05, 3.63) is 77.4 Å². The zero-order valence-electron chi connectivity index (χ0n) is 15.9. The summed E-state index contributed by atoms with van der Waals surface area (Å²) in [6.07, 6.45) is 5.94. The van der Waals surface area contributed by atoms with Crippen LogP contribution in [0.1, 0.15) is 21.5 Å². The van der Waals surface area contributed by atoms with Crippen molar-refractivity contribution in [2.24, 2.45) is 0 Å². The molecular formula is C23H24N2O3. The van der Waals surface area contributed by atoms with Crippen LogP contribution in [0, 0.1) is 0 Å². The summed E-state index contributed by atoms with van der Waals surface area (Å²) in [5, 5.41) is 8.72. The van der Waals surface area contributed by atoms with E-state index in [4.69, 9.17) is 5.11 Å². The molecule has 144 valence electrons. The van der Waals surface area contributed by atoms with Gasteiger partial charge in [-0.25, -0.2) is 4.79 Å². The number of hydrogen-bond donors (Lipinski definition) is 1. The summed E-state index contributed by atoms with van der Waals surface area (Å²) in [6, 6.07) is 15.1. The molecule has 28 heavy (non-hydrogen) atoms. The Morgan fingerprint density at radius 3 is 2.21 bits per heavy atom. The van der Waals surface area contributed by atoms with Gasteiger partial charge in [-0.3, -0.25) is 4.79 Å². The average Bonchev–Trinajstić information content (AvgIpc) is 2.71. The van der Waals surface area contributed by atoms with Gasteiger partial charge in [-0.15, -0.1) is 0 Å². The normalized spacial score (nSPS) is 15.4. The SMILES string of the molecule is CN1CCN(c2cccc(C(=O)/C=C/c3cccc(/C=C/C(=O)O)c3)c2)CC1. The number of hydrogen-bond acceptors (Lipinski definition) is 4.